The number of carbonyl (C=O) groups excluding carboxylic acids is 2. The number of nitrogens with zero attached hydrogens (tertiary/aromatic N) is 5. The number of rotatable bonds is 5. The lowest BCUT2D eigenvalue weighted by atomic mass is 10.0. The number of thiazole rings is 1. The number of hydrogen-bond donors (Lipinski definition) is 0. The van der Waals surface area contributed by atoms with Crippen molar-refractivity contribution in [2.24, 2.45) is 0 Å². The lowest BCUT2D eigenvalue weighted by Gasteiger charge is -2.40. The van der Waals surface area contributed by atoms with Crippen LogP contribution in [0.4, 0.5) is 0 Å². The van der Waals surface area contributed by atoms with Crippen LogP contribution in [-0.2, 0) is 6.42 Å². The molecule has 7 nitrogen and oxygen atoms in total. The molecule has 0 N–H and O–H groups in total. The van der Waals surface area contributed by atoms with Crippen molar-refractivity contribution in [1.82, 2.24) is 24.6 Å². The molecule has 2 aromatic heterocycles. The van der Waals surface area contributed by atoms with E-state index in [1.165, 1.54) is 11.3 Å². The van der Waals surface area contributed by atoms with E-state index in [9.17, 15) is 9.59 Å². The molecule has 5 aromatic rings. The molecule has 0 saturated carbocycles. The molecule has 0 spiro atoms. The molecule has 1 unspecified atom stereocenters. The average Bonchev–Trinajstić information content (AvgIpc) is 3.64. The van der Waals surface area contributed by atoms with Crippen LogP contribution in [0.2, 0.25) is 0 Å². The summed E-state index contributed by atoms with van der Waals surface area (Å²) in [6.45, 7) is 5.45. The van der Waals surface area contributed by atoms with Crippen molar-refractivity contribution in [1.29, 1.82) is 0 Å². The first-order chi connectivity index (χ1) is 19.4. The normalized spacial score (nSPS) is 15.5. The summed E-state index contributed by atoms with van der Waals surface area (Å²) in [5, 5.41) is 9.30. The van der Waals surface area contributed by atoms with Crippen LogP contribution in [-0.4, -0.2) is 62.1 Å². The maximum absolute atomic E-state index is 13.7. The quantitative estimate of drug-likeness (QED) is 0.228. The minimum atomic E-state index is -0.114. The standard InChI is InChI=1S/C31H28BrN5O2S/c1-3-28-26(17-33-37(28)31-34-27(19-40-31)22-11-13-23(32)14-12-22)29(38)35-15-16-36(20(2)18-35)30(39)25-10-6-8-21-7-4-5-9-24(21)25/h4-14,17,19-20H,3,15-16,18H2,1-2H3. The van der Waals surface area contributed by atoms with Gasteiger partial charge in [-0.2, -0.15) is 5.10 Å². The third kappa shape index (κ3) is 4.84. The number of amides is 2. The Morgan fingerprint density at radius 2 is 1.75 bits per heavy atom. The molecule has 3 aromatic carbocycles. The number of aromatic nitrogens is 3. The van der Waals surface area contributed by atoms with Gasteiger partial charge < -0.3 is 9.80 Å². The van der Waals surface area contributed by atoms with Gasteiger partial charge in [-0.1, -0.05) is 71.4 Å². The number of piperazine rings is 1. The van der Waals surface area contributed by atoms with Crippen LogP contribution in [0.1, 0.15) is 40.3 Å². The Kier molecular flexibility index (Phi) is 7.25. The van der Waals surface area contributed by atoms with E-state index in [1.807, 2.05) is 95.8 Å². The first kappa shape index (κ1) is 26.4. The van der Waals surface area contributed by atoms with Crippen molar-refractivity contribution in [3.8, 4) is 16.4 Å². The van der Waals surface area contributed by atoms with E-state index >= 15 is 0 Å². The molecule has 0 radical (unpaired) electrons. The van der Waals surface area contributed by atoms with Crippen LogP contribution in [0.25, 0.3) is 27.2 Å². The van der Waals surface area contributed by atoms with Gasteiger partial charge in [-0.05, 0) is 42.3 Å². The fourth-order valence-corrected chi connectivity index (χ4v) is 6.43. The zero-order valence-corrected chi connectivity index (χ0v) is 24.7. The van der Waals surface area contributed by atoms with E-state index in [0.29, 0.717) is 37.2 Å². The fourth-order valence-electron chi connectivity index (χ4n) is 5.35. The largest absolute Gasteiger partial charge is 0.335 e. The van der Waals surface area contributed by atoms with E-state index in [4.69, 9.17) is 4.98 Å². The predicted octanol–water partition coefficient (Wildman–Crippen LogP) is 6.46. The number of fused-ring (bicyclic) bond motifs is 1. The first-order valence-corrected chi connectivity index (χ1v) is 15.0. The summed E-state index contributed by atoms with van der Waals surface area (Å²) in [6.07, 6.45) is 2.30. The summed E-state index contributed by atoms with van der Waals surface area (Å²) in [7, 11) is 0. The molecular weight excluding hydrogens is 586 g/mol. The second-order valence-electron chi connectivity index (χ2n) is 9.92. The fraction of sp³-hybridized carbons (Fsp3) is 0.226. The van der Waals surface area contributed by atoms with Gasteiger partial charge in [-0.25, -0.2) is 9.67 Å². The minimum absolute atomic E-state index is 0.00353. The Morgan fingerprint density at radius 1 is 0.975 bits per heavy atom. The van der Waals surface area contributed by atoms with Gasteiger partial charge in [-0.15, -0.1) is 11.3 Å². The molecule has 1 fully saturated rings. The van der Waals surface area contributed by atoms with Crippen molar-refractivity contribution >= 4 is 49.9 Å². The third-order valence-electron chi connectivity index (χ3n) is 7.44. The van der Waals surface area contributed by atoms with Gasteiger partial charge in [0.2, 0.25) is 5.13 Å². The molecule has 1 atom stereocenters. The molecule has 1 aliphatic rings. The molecule has 9 heteroatoms. The van der Waals surface area contributed by atoms with E-state index in [1.54, 1.807) is 10.9 Å². The molecule has 6 rings (SSSR count). The Labute approximate surface area is 245 Å². The summed E-state index contributed by atoms with van der Waals surface area (Å²) >= 11 is 4.98. The van der Waals surface area contributed by atoms with Crippen molar-refractivity contribution < 1.29 is 9.59 Å². The Bertz CT molecular complexity index is 1710. The minimum Gasteiger partial charge on any atom is -0.335 e. The second-order valence-corrected chi connectivity index (χ2v) is 11.7. The Hall–Kier alpha value is -3.82. The summed E-state index contributed by atoms with van der Waals surface area (Å²) < 4.78 is 2.80. The second kappa shape index (κ2) is 11.0. The zero-order valence-electron chi connectivity index (χ0n) is 22.3. The molecule has 0 bridgehead atoms. The Morgan fingerprint density at radius 3 is 2.52 bits per heavy atom. The van der Waals surface area contributed by atoms with Crippen molar-refractivity contribution in [3.63, 3.8) is 0 Å². The highest BCUT2D eigenvalue weighted by Gasteiger charge is 2.33. The van der Waals surface area contributed by atoms with E-state index in [0.717, 1.165) is 37.3 Å². The lowest BCUT2D eigenvalue weighted by molar-refractivity contribution is 0.0415. The molecule has 0 aliphatic carbocycles. The molecule has 1 aliphatic heterocycles. The molecule has 1 saturated heterocycles. The van der Waals surface area contributed by atoms with Gasteiger partial charge >= 0.3 is 0 Å². The van der Waals surface area contributed by atoms with E-state index in [-0.39, 0.29) is 17.9 Å². The highest BCUT2D eigenvalue weighted by molar-refractivity contribution is 9.10. The molecule has 202 valence electrons. The van der Waals surface area contributed by atoms with Crippen LogP contribution in [0.5, 0.6) is 0 Å². The molecule has 3 heterocycles. The van der Waals surface area contributed by atoms with E-state index < -0.39 is 0 Å². The van der Waals surface area contributed by atoms with Crippen molar-refractivity contribution in [3.05, 3.63) is 99.6 Å². The van der Waals surface area contributed by atoms with Gasteiger partial charge in [-0.3, -0.25) is 9.59 Å². The third-order valence-corrected chi connectivity index (χ3v) is 8.79. The summed E-state index contributed by atoms with van der Waals surface area (Å²) in [4.78, 5) is 35.8. The highest BCUT2D eigenvalue weighted by Crippen LogP contribution is 2.28. The van der Waals surface area contributed by atoms with Gasteiger partial charge in [0.05, 0.1) is 23.1 Å². The zero-order chi connectivity index (χ0) is 27.8. The topological polar surface area (TPSA) is 71.3 Å². The Balaban J connectivity index is 1.19. The van der Waals surface area contributed by atoms with Crippen LogP contribution >= 0.6 is 27.3 Å². The van der Waals surface area contributed by atoms with Gasteiger partial charge in [0.1, 0.15) is 0 Å². The highest BCUT2D eigenvalue weighted by atomic mass is 79.9. The molecule has 40 heavy (non-hydrogen) atoms. The number of hydrogen-bond acceptors (Lipinski definition) is 5. The predicted molar refractivity (Wildman–Crippen MR) is 162 cm³/mol. The van der Waals surface area contributed by atoms with Crippen LogP contribution in [0, 0.1) is 0 Å². The lowest BCUT2D eigenvalue weighted by Crippen LogP contribution is -2.55. The number of benzene rings is 3. The van der Waals surface area contributed by atoms with Crippen molar-refractivity contribution in [2.75, 3.05) is 19.6 Å². The maximum Gasteiger partial charge on any atom is 0.257 e. The number of carbonyl (C=O) groups is 2. The van der Waals surface area contributed by atoms with Crippen molar-refractivity contribution in [2.45, 2.75) is 26.3 Å². The van der Waals surface area contributed by atoms with Crippen LogP contribution < -0.4 is 0 Å². The summed E-state index contributed by atoms with van der Waals surface area (Å²) in [5.74, 6) is -0.0549. The van der Waals surface area contributed by atoms with Crippen LogP contribution in [0.15, 0.2) is 82.8 Å². The van der Waals surface area contributed by atoms with Gasteiger partial charge in [0, 0.05) is 46.7 Å². The van der Waals surface area contributed by atoms with Gasteiger partial charge in [0.15, 0.2) is 0 Å². The summed E-state index contributed by atoms with van der Waals surface area (Å²) in [6, 6.07) is 21.7. The molecular formula is C31H28BrN5O2S. The summed E-state index contributed by atoms with van der Waals surface area (Å²) in [5.41, 5.74) is 4.02. The molecule has 2 amide bonds. The number of halogens is 1. The smallest absolute Gasteiger partial charge is 0.257 e. The van der Waals surface area contributed by atoms with Gasteiger partial charge in [0.25, 0.3) is 11.8 Å². The first-order valence-electron chi connectivity index (χ1n) is 13.3. The van der Waals surface area contributed by atoms with Crippen LogP contribution in [0.3, 0.4) is 0 Å². The SMILES string of the molecule is CCc1c(C(=O)N2CCN(C(=O)c3cccc4ccccc34)C(C)C2)cnn1-c1nc(-c2ccc(Br)cc2)cs1. The average molecular weight is 615 g/mol. The monoisotopic (exact) mass is 613 g/mol. The van der Waals surface area contributed by atoms with E-state index in [2.05, 4.69) is 21.0 Å². The maximum atomic E-state index is 13.7.